The number of rotatable bonds is 11. The van der Waals surface area contributed by atoms with E-state index in [2.05, 4.69) is 29.2 Å². The lowest BCUT2D eigenvalue weighted by atomic mass is 10.0. The van der Waals surface area contributed by atoms with Gasteiger partial charge in [0.25, 0.3) is 6.47 Å². The van der Waals surface area contributed by atoms with Crippen molar-refractivity contribution in [3.8, 4) is 11.1 Å². The molecular weight excluding hydrogens is 488 g/mol. The van der Waals surface area contributed by atoms with Crippen molar-refractivity contribution in [3.63, 3.8) is 0 Å². The van der Waals surface area contributed by atoms with Crippen LogP contribution in [-0.2, 0) is 32.1 Å². The van der Waals surface area contributed by atoms with Gasteiger partial charge in [-0.2, -0.15) is 0 Å². The van der Waals surface area contributed by atoms with Crippen molar-refractivity contribution in [2.24, 2.45) is 0 Å². The van der Waals surface area contributed by atoms with Gasteiger partial charge in [0.2, 0.25) is 11.8 Å². The summed E-state index contributed by atoms with van der Waals surface area (Å²) in [5.41, 5.74) is 4.85. The maximum absolute atomic E-state index is 12.0. The lowest BCUT2D eigenvalue weighted by Crippen LogP contribution is -2.26. The molecule has 2 amide bonds. The SMILES string of the molecule is CCC(=O)Nc1cccc(-c2cccc(CC(=O)NC3CC3)c2)c1.CCCCC.O=COCc1ccccc1. The van der Waals surface area contributed by atoms with Gasteiger partial charge in [-0.25, -0.2) is 0 Å². The minimum atomic E-state index is -0.00218. The number of ether oxygens (including phenoxy) is 1. The highest BCUT2D eigenvalue weighted by molar-refractivity contribution is 5.91. The van der Waals surface area contributed by atoms with E-state index in [-0.39, 0.29) is 11.8 Å². The van der Waals surface area contributed by atoms with Gasteiger partial charge in [-0.05, 0) is 47.2 Å². The van der Waals surface area contributed by atoms with Crippen molar-refractivity contribution >= 4 is 24.0 Å². The zero-order valence-corrected chi connectivity index (χ0v) is 23.5. The molecule has 0 unspecified atom stereocenters. The molecule has 0 spiro atoms. The first-order chi connectivity index (χ1) is 19.0. The summed E-state index contributed by atoms with van der Waals surface area (Å²) in [7, 11) is 0. The summed E-state index contributed by atoms with van der Waals surface area (Å²) in [5.74, 6) is 0.0799. The van der Waals surface area contributed by atoms with Crippen LogP contribution in [0.15, 0.2) is 78.9 Å². The number of hydrogen-bond donors (Lipinski definition) is 2. The van der Waals surface area contributed by atoms with Crippen molar-refractivity contribution in [1.29, 1.82) is 0 Å². The van der Waals surface area contributed by atoms with Crippen molar-refractivity contribution in [1.82, 2.24) is 5.32 Å². The average Bonchev–Trinajstić information content (AvgIpc) is 3.77. The second-order valence-corrected chi connectivity index (χ2v) is 9.45. The summed E-state index contributed by atoms with van der Waals surface area (Å²) < 4.78 is 4.54. The molecule has 3 aromatic carbocycles. The van der Waals surface area contributed by atoms with Gasteiger partial charge in [0.15, 0.2) is 0 Å². The molecule has 6 heteroatoms. The van der Waals surface area contributed by atoms with Crippen LogP contribution in [0.5, 0.6) is 0 Å². The molecule has 0 aliphatic heterocycles. The van der Waals surface area contributed by atoms with Gasteiger partial charge in [0, 0.05) is 18.2 Å². The fourth-order valence-electron chi connectivity index (χ4n) is 3.64. The van der Waals surface area contributed by atoms with Crippen LogP contribution in [-0.4, -0.2) is 24.3 Å². The first kappa shape index (κ1) is 31.3. The van der Waals surface area contributed by atoms with Crippen LogP contribution in [0, 0.1) is 0 Å². The van der Waals surface area contributed by atoms with Crippen LogP contribution in [0.2, 0.25) is 0 Å². The Morgan fingerprint density at radius 2 is 1.46 bits per heavy atom. The smallest absolute Gasteiger partial charge is 0.293 e. The lowest BCUT2D eigenvalue weighted by molar-refractivity contribution is -0.129. The molecule has 0 atom stereocenters. The zero-order chi connectivity index (χ0) is 28.3. The van der Waals surface area contributed by atoms with E-state index < -0.39 is 0 Å². The Morgan fingerprint density at radius 3 is 2.05 bits per heavy atom. The summed E-state index contributed by atoms with van der Waals surface area (Å²) in [6.45, 7) is 7.07. The van der Waals surface area contributed by atoms with Crippen LogP contribution < -0.4 is 10.6 Å². The van der Waals surface area contributed by atoms with E-state index in [0.29, 0.717) is 32.0 Å². The number of carbonyl (C=O) groups is 3. The summed E-state index contributed by atoms with van der Waals surface area (Å²) in [6, 6.07) is 25.7. The summed E-state index contributed by atoms with van der Waals surface area (Å²) in [4.78, 5) is 33.3. The van der Waals surface area contributed by atoms with E-state index in [1.54, 1.807) is 0 Å². The van der Waals surface area contributed by atoms with Gasteiger partial charge < -0.3 is 15.4 Å². The van der Waals surface area contributed by atoms with E-state index in [4.69, 9.17) is 0 Å². The summed E-state index contributed by atoms with van der Waals surface area (Å²) >= 11 is 0. The van der Waals surface area contributed by atoms with Gasteiger partial charge in [0.1, 0.15) is 6.61 Å². The number of benzene rings is 3. The number of carbonyl (C=O) groups excluding carboxylic acids is 3. The summed E-state index contributed by atoms with van der Waals surface area (Å²) in [5, 5.41) is 5.89. The largest absolute Gasteiger partial charge is 0.463 e. The van der Waals surface area contributed by atoms with Gasteiger partial charge in [-0.15, -0.1) is 0 Å². The molecule has 208 valence electrons. The van der Waals surface area contributed by atoms with E-state index >= 15 is 0 Å². The maximum atomic E-state index is 12.0. The number of hydrogen-bond acceptors (Lipinski definition) is 4. The third-order valence-corrected chi connectivity index (χ3v) is 5.90. The predicted molar refractivity (Wildman–Crippen MR) is 158 cm³/mol. The van der Waals surface area contributed by atoms with E-state index in [1.165, 1.54) is 19.3 Å². The molecule has 0 saturated heterocycles. The Kier molecular flexibility index (Phi) is 14.7. The summed E-state index contributed by atoms with van der Waals surface area (Å²) in [6.07, 6.45) is 7.13. The van der Waals surface area contributed by atoms with Gasteiger partial charge in [-0.1, -0.05) is 107 Å². The molecular formula is C33H42N2O4. The van der Waals surface area contributed by atoms with Gasteiger partial charge >= 0.3 is 0 Å². The van der Waals surface area contributed by atoms with Crippen molar-refractivity contribution in [2.75, 3.05) is 5.32 Å². The molecule has 1 aliphatic carbocycles. The predicted octanol–water partition coefficient (Wildman–Crippen LogP) is 7.08. The second-order valence-electron chi connectivity index (χ2n) is 9.45. The number of unbranched alkanes of at least 4 members (excludes halogenated alkanes) is 2. The minimum absolute atomic E-state index is 0.00218. The van der Waals surface area contributed by atoms with Crippen LogP contribution in [0.1, 0.15) is 70.4 Å². The molecule has 1 fully saturated rings. The highest BCUT2D eigenvalue weighted by Crippen LogP contribution is 2.24. The van der Waals surface area contributed by atoms with Crippen LogP contribution >= 0.6 is 0 Å². The Hall–Kier alpha value is -3.93. The number of nitrogens with one attached hydrogen (secondary N) is 2. The van der Waals surface area contributed by atoms with Crippen molar-refractivity contribution in [2.45, 2.75) is 78.4 Å². The average molecular weight is 531 g/mol. The molecule has 3 aromatic rings. The molecule has 0 radical (unpaired) electrons. The highest BCUT2D eigenvalue weighted by atomic mass is 16.5. The third kappa shape index (κ3) is 13.4. The highest BCUT2D eigenvalue weighted by Gasteiger charge is 2.23. The molecule has 4 rings (SSSR count). The Labute approximate surface area is 233 Å². The number of anilines is 1. The first-order valence-corrected chi connectivity index (χ1v) is 13.9. The molecule has 6 nitrogen and oxygen atoms in total. The Bertz CT molecular complexity index is 1140. The van der Waals surface area contributed by atoms with Crippen molar-refractivity contribution < 1.29 is 19.1 Å². The molecule has 1 aliphatic rings. The van der Waals surface area contributed by atoms with E-state index in [1.807, 2.05) is 85.8 Å². The fraction of sp³-hybridized carbons (Fsp3) is 0.364. The zero-order valence-electron chi connectivity index (χ0n) is 23.5. The molecule has 0 aromatic heterocycles. The van der Waals surface area contributed by atoms with Gasteiger partial charge in [-0.3, -0.25) is 14.4 Å². The quantitative estimate of drug-likeness (QED) is 0.260. The first-order valence-electron chi connectivity index (χ1n) is 13.9. The Balaban J connectivity index is 0.000000293. The molecule has 39 heavy (non-hydrogen) atoms. The normalized spacial score (nSPS) is 11.6. The molecule has 0 heterocycles. The van der Waals surface area contributed by atoms with Crippen LogP contribution in [0.3, 0.4) is 0 Å². The molecule has 2 N–H and O–H groups in total. The van der Waals surface area contributed by atoms with E-state index in [9.17, 15) is 14.4 Å². The van der Waals surface area contributed by atoms with Crippen LogP contribution in [0.25, 0.3) is 11.1 Å². The second kappa shape index (κ2) is 18.3. The van der Waals surface area contributed by atoms with Gasteiger partial charge in [0.05, 0.1) is 6.42 Å². The standard InChI is InChI=1S/C20H22N2O2.C8H8O2.C5H12/c1-2-19(23)22-18-8-4-7-16(13-18)15-6-3-5-14(11-15)12-20(24)21-17-9-10-17;9-7-10-6-8-4-2-1-3-5-8;1-3-5-4-2/h3-8,11,13,17H,2,9-10,12H2,1H3,(H,21,24)(H,22,23);1-5,7H,6H2;3-5H2,1-2H3. The fourth-order valence-corrected chi connectivity index (χ4v) is 3.64. The monoisotopic (exact) mass is 530 g/mol. The molecule has 1 saturated carbocycles. The van der Waals surface area contributed by atoms with E-state index in [0.717, 1.165) is 40.8 Å². The van der Waals surface area contributed by atoms with Crippen LogP contribution in [0.4, 0.5) is 5.69 Å². The maximum Gasteiger partial charge on any atom is 0.293 e. The lowest BCUT2D eigenvalue weighted by Gasteiger charge is -2.09. The topological polar surface area (TPSA) is 84.5 Å². The third-order valence-electron chi connectivity index (χ3n) is 5.90. The minimum Gasteiger partial charge on any atom is -0.463 e. The number of amides is 2. The molecule has 0 bridgehead atoms. The Morgan fingerprint density at radius 1 is 0.821 bits per heavy atom. The van der Waals surface area contributed by atoms with Crippen molar-refractivity contribution in [3.05, 3.63) is 90.0 Å².